The van der Waals surface area contributed by atoms with E-state index in [1.165, 1.54) is 0 Å². The molecule has 1 aromatic carbocycles. The Bertz CT molecular complexity index is 483. The first-order chi connectivity index (χ1) is 8.07. The van der Waals surface area contributed by atoms with Gasteiger partial charge in [0.1, 0.15) is 6.10 Å². The number of carbonyl (C=O) groups is 1. The highest BCUT2D eigenvalue weighted by molar-refractivity contribution is 6.08. The number of anilines is 1. The van der Waals surface area contributed by atoms with Gasteiger partial charge in [-0.3, -0.25) is 4.79 Å². The van der Waals surface area contributed by atoms with Crippen molar-refractivity contribution in [3.8, 4) is 0 Å². The lowest BCUT2D eigenvalue weighted by Crippen LogP contribution is -2.31. The third-order valence-electron chi connectivity index (χ3n) is 3.70. The quantitative estimate of drug-likeness (QED) is 0.732. The second kappa shape index (κ2) is 3.33. The van der Waals surface area contributed by atoms with Crippen LogP contribution < -0.4 is 4.90 Å². The Morgan fingerprint density at radius 1 is 1.41 bits per heavy atom. The van der Waals surface area contributed by atoms with E-state index in [0.29, 0.717) is 5.92 Å². The van der Waals surface area contributed by atoms with Gasteiger partial charge in [0.05, 0.1) is 5.69 Å². The second-order valence-electron chi connectivity index (χ2n) is 5.35. The molecular weight excluding hydrogens is 214 g/mol. The van der Waals surface area contributed by atoms with Gasteiger partial charge in [0.15, 0.2) is 0 Å². The monoisotopic (exact) mass is 231 g/mol. The van der Waals surface area contributed by atoms with Crippen LogP contribution in [0.15, 0.2) is 24.3 Å². The molecule has 2 unspecified atom stereocenters. The summed E-state index contributed by atoms with van der Waals surface area (Å²) in [7, 11) is 1.82. The number of ether oxygens (including phenoxy) is 1. The van der Waals surface area contributed by atoms with Crippen molar-refractivity contribution >= 4 is 11.6 Å². The van der Waals surface area contributed by atoms with Crippen LogP contribution in [0.2, 0.25) is 0 Å². The number of fused-ring (bicyclic) bond motifs is 2. The highest BCUT2D eigenvalue weighted by Gasteiger charge is 2.68. The Morgan fingerprint density at radius 3 is 2.82 bits per heavy atom. The molecule has 0 radical (unpaired) electrons. The van der Waals surface area contributed by atoms with E-state index in [1.807, 2.05) is 31.3 Å². The summed E-state index contributed by atoms with van der Waals surface area (Å²) in [5.74, 6) is 0.634. The summed E-state index contributed by atoms with van der Waals surface area (Å²) in [6, 6.07) is 7.93. The normalized spacial score (nSPS) is 30.2. The molecular formula is C14H17NO2. The van der Waals surface area contributed by atoms with Crippen LogP contribution in [0.25, 0.3) is 0 Å². The van der Waals surface area contributed by atoms with Gasteiger partial charge in [0, 0.05) is 12.6 Å². The topological polar surface area (TPSA) is 32.8 Å². The zero-order valence-electron chi connectivity index (χ0n) is 10.4. The van der Waals surface area contributed by atoms with E-state index in [-0.39, 0.29) is 12.0 Å². The van der Waals surface area contributed by atoms with E-state index in [1.54, 1.807) is 4.90 Å². The van der Waals surface area contributed by atoms with Crippen LogP contribution in [0, 0.1) is 5.92 Å². The van der Waals surface area contributed by atoms with E-state index in [2.05, 4.69) is 13.8 Å². The van der Waals surface area contributed by atoms with Crippen molar-refractivity contribution in [2.45, 2.75) is 32.0 Å². The van der Waals surface area contributed by atoms with Crippen LogP contribution in [0.1, 0.15) is 25.8 Å². The standard InChI is InChI=1S/C14H17NO2/c1-9(2)8-12-14(17-12)10-6-4-5-7-11(10)15(3)13(14)16/h4-7,9,12H,8H2,1-3H3. The molecule has 1 aromatic rings. The maximum Gasteiger partial charge on any atom is 0.266 e. The van der Waals surface area contributed by atoms with Crippen molar-refractivity contribution in [2.24, 2.45) is 5.92 Å². The summed E-state index contributed by atoms with van der Waals surface area (Å²) in [5.41, 5.74) is 1.37. The minimum Gasteiger partial charge on any atom is -0.350 e. The lowest BCUT2D eigenvalue weighted by atomic mass is 9.92. The van der Waals surface area contributed by atoms with Crippen LogP contribution in [-0.4, -0.2) is 19.1 Å². The van der Waals surface area contributed by atoms with Gasteiger partial charge >= 0.3 is 0 Å². The number of benzene rings is 1. The average Bonchev–Trinajstić information content (AvgIpc) is 2.96. The van der Waals surface area contributed by atoms with Gasteiger partial charge in [-0.15, -0.1) is 0 Å². The van der Waals surface area contributed by atoms with Crippen molar-refractivity contribution in [1.82, 2.24) is 0 Å². The Kier molecular flexibility index (Phi) is 2.11. The van der Waals surface area contributed by atoms with Crippen molar-refractivity contribution in [2.75, 3.05) is 11.9 Å². The molecule has 1 spiro atoms. The number of epoxide rings is 1. The Hall–Kier alpha value is -1.35. The second-order valence-corrected chi connectivity index (χ2v) is 5.35. The molecule has 3 nitrogen and oxygen atoms in total. The number of nitrogens with zero attached hydrogens (tertiary/aromatic N) is 1. The highest BCUT2D eigenvalue weighted by atomic mass is 16.6. The molecule has 17 heavy (non-hydrogen) atoms. The number of carbonyl (C=O) groups excluding carboxylic acids is 1. The first-order valence-electron chi connectivity index (χ1n) is 6.13. The van der Waals surface area contributed by atoms with E-state index in [4.69, 9.17) is 4.74 Å². The number of para-hydroxylation sites is 1. The fraction of sp³-hybridized carbons (Fsp3) is 0.500. The third-order valence-corrected chi connectivity index (χ3v) is 3.70. The molecule has 90 valence electrons. The van der Waals surface area contributed by atoms with Crippen LogP contribution in [0.4, 0.5) is 5.69 Å². The largest absolute Gasteiger partial charge is 0.350 e. The number of rotatable bonds is 2. The Labute approximate surface area is 101 Å². The maximum atomic E-state index is 12.3. The number of hydrogen-bond donors (Lipinski definition) is 0. The van der Waals surface area contributed by atoms with Crippen molar-refractivity contribution < 1.29 is 9.53 Å². The van der Waals surface area contributed by atoms with E-state index in [9.17, 15) is 4.79 Å². The molecule has 3 rings (SSSR count). The average molecular weight is 231 g/mol. The van der Waals surface area contributed by atoms with Crippen LogP contribution in [0.3, 0.4) is 0 Å². The molecule has 1 fully saturated rings. The Balaban J connectivity index is 2.01. The van der Waals surface area contributed by atoms with Gasteiger partial charge in [0.2, 0.25) is 5.60 Å². The third kappa shape index (κ3) is 1.29. The smallest absolute Gasteiger partial charge is 0.266 e. The van der Waals surface area contributed by atoms with Crippen molar-refractivity contribution in [3.63, 3.8) is 0 Å². The van der Waals surface area contributed by atoms with Gasteiger partial charge in [-0.25, -0.2) is 0 Å². The van der Waals surface area contributed by atoms with Gasteiger partial charge < -0.3 is 9.64 Å². The fourth-order valence-electron chi connectivity index (χ4n) is 2.81. The van der Waals surface area contributed by atoms with Crippen molar-refractivity contribution in [3.05, 3.63) is 29.8 Å². The highest BCUT2D eigenvalue weighted by Crippen LogP contribution is 2.56. The molecule has 2 aliphatic rings. The van der Waals surface area contributed by atoms with E-state index in [0.717, 1.165) is 17.7 Å². The van der Waals surface area contributed by atoms with Crippen LogP contribution in [0.5, 0.6) is 0 Å². The zero-order valence-corrected chi connectivity index (χ0v) is 10.4. The molecule has 0 N–H and O–H groups in total. The lowest BCUT2D eigenvalue weighted by Gasteiger charge is -2.08. The van der Waals surface area contributed by atoms with Gasteiger partial charge in [-0.2, -0.15) is 0 Å². The molecule has 0 bridgehead atoms. The number of hydrogen-bond acceptors (Lipinski definition) is 2. The van der Waals surface area contributed by atoms with Gasteiger partial charge in [-0.05, 0) is 18.4 Å². The molecule has 2 heterocycles. The fourth-order valence-corrected chi connectivity index (χ4v) is 2.81. The molecule has 2 aliphatic heterocycles. The predicted molar refractivity (Wildman–Crippen MR) is 65.9 cm³/mol. The Morgan fingerprint density at radius 2 is 2.12 bits per heavy atom. The summed E-state index contributed by atoms with van der Waals surface area (Å²) in [6.07, 6.45) is 0.995. The molecule has 0 aliphatic carbocycles. The molecule has 2 atom stereocenters. The molecule has 1 amide bonds. The van der Waals surface area contributed by atoms with E-state index < -0.39 is 5.60 Å². The van der Waals surface area contributed by atoms with E-state index >= 15 is 0 Å². The first-order valence-corrected chi connectivity index (χ1v) is 6.13. The summed E-state index contributed by atoms with van der Waals surface area (Å²) in [4.78, 5) is 14.1. The SMILES string of the molecule is CC(C)CC1OC12C(=O)N(C)c1ccccc12. The number of likely N-dealkylation sites (N-methyl/N-ethyl adjacent to an activating group) is 1. The van der Waals surface area contributed by atoms with Crippen LogP contribution in [-0.2, 0) is 15.1 Å². The van der Waals surface area contributed by atoms with Crippen LogP contribution >= 0.6 is 0 Å². The first kappa shape index (κ1) is 10.8. The summed E-state index contributed by atoms with van der Waals surface area (Å²) in [6.45, 7) is 4.31. The molecule has 3 heteroatoms. The zero-order chi connectivity index (χ0) is 12.2. The van der Waals surface area contributed by atoms with Crippen molar-refractivity contribution in [1.29, 1.82) is 0 Å². The maximum absolute atomic E-state index is 12.3. The lowest BCUT2D eigenvalue weighted by molar-refractivity contribution is -0.122. The minimum absolute atomic E-state index is 0.0566. The summed E-state index contributed by atoms with van der Waals surface area (Å²) < 4.78 is 5.79. The van der Waals surface area contributed by atoms with Gasteiger partial charge in [-0.1, -0.05) is 32.0 Å². The molecule has 1 saturated heterocycles. The summed E-state index contributed by atoms with van der Waals surface area (Å²) in [5, 5.41) is 0. The molecule has 0 aromatic heterocycles. The predicted octanol–water partition coefficient (Wildman–Crippen LogP) is 2.30. The molecule has 0 saturated carbocycles. The van der Waals surface area contributed by atoms with Gasteiger partial charge in [0.25, 0.3) is 5.91 Å². The minimum atomic E-state index is -0.657. The summed E-state index contributed by atoms with van der Waals surface area (Å²) >= 11 is 0. The number of amides is 1.